The Balaban J connectivity index is 2.57. The van der Waals surface area contributed by atoms with Gasteiger partial charge in [-0.15, -0.1) is 6.58 Å². The maximum atomic E-state index is 13.8. The zero-order valence-corrected chi connectivity index (χ0v) is 9.45. The highest BCUT2D eigenvalue weighted by atomic mass is 19.2. The van der Waals surface area contributed by atoms with Crippen LogP contribution in [0.15, 0.2) is 37.2 Å². The Bertz CT molecular complexity index is 559. The van der Waals surface area contributed by atoms with Crippen molar-refractivity contribution in [2.75, 3.05) is 0 Å². The normalized spacial score (nSPS) is 10.5. The molecule has 0 radical (unpaired) electrons. The molecule has 1 aromatic heterocycles. The monoisotopic (exact) mass is 234 g/mol. The van der Waals surface area contributed by atoms with Crippen molar-refractivity contribution in [3.63, 3.8) is 0 Å². The first-order chi connectivity index (χ1) is 8.15. The Morgan fingerprint density at radius 3 is 2.82 bits per heavy atom. The number of nitrogens with zero attached hydrogens (tertiary/aromatic N) is 2. The smallest absolute Gasteiger partial charge is 0.170 e. The molecule has 0 unspecified atom stereocenters. The van der Waals surface area contributed by atoms with E-state index in [2.05, 4.69) is 11.6 Å². The number of benzene rings is 1. The van der Waals surface area contributed by atoms with Crippen LogP contribution in [0.25, 0.3) is 11.4 Å². The number of aryl methyl sites for hydroxylation is 1. The van der Waals surface area contributed by atoms with Gasteiger partial charge in [0.25, 0.3) is 0 Å². The third-order valence-electron chi connectivity index (χ3n) is 2.56. The van der Waals surface area contributed by atoms with Crippen molar-refractivity contribution in [2.45, 2.75) is 13.5 Å². The van der Waals surface area contributed by atoms with E-state index in [1.54, 1.807) is 29.1 Å². The van der Waals surface area contributed by atoms with Gasteiger partial charge in [-0.25, -0.2) is 13.8 Å². The van der Waals surface area contributed by atoms with Gasteiger partial charge in [-0.1, -0.05) is 12.1 Å². The van der Waals surface area contributed by atoms with Gasteiger partial charge < -0.3 is 4.57 Å². The van der Waals surface area contributed by atoms with Crippen LogP contribution in [0.2, 0.25) is 0 Å². The molecule has 0 aliphatic carbocycles. The number of hydrogen-bond donors (Lipinski definition) is 0. The van der Waals surface area contributed by atoms with E-state index < -0.39 is 11.6 Å². The number of allylic oxidation sites excluding steroid dienone is 1. The van der Waals surface area contributed by atoms with Crippen molar-refractivity contribution < 1.29 is 8.78 Å². The lowest BCUT2D eigenvalue weighted by Crippen LogP contribution is -2.01. The van der Waals surface area contributed by atoms with Gasteiger partial charge >= 0.3 is 0 Å². The van der Waals surface area contributed by atoms with Crippen LogP contribution in [0.4, 0.5) is 8.78 Å². The van der Waals surface area contributed by atoms with E-state index >= 15 is 0 Å². The number of halogens is 2. The van der Waals surface area contributed by atoms with E-state index in [1.807, 2.05) is 0 Å². The lowest BCUT2D eigenvalue weighted by Gasteiger charge is -2.07. The Hall–Kier alpha value is -1.97. The molecule has 1 heterocycles. The van der Waals surface area contributed by atoms with Crippen LogP contribution in [-0.4, -0.2) is 9.55 Å². The first-order valence-corrected chi connectivity index (χ1v) is 5.22. The van der Waals surface area contributed by atoms with Crippen molar-refractivity contribution in [2.24, 2.45) is 0 Å². The molecule has 0 N–H and O–H groups in total. The second kappa shape index (κ2) is 4.49. The molecule has 17 heavy (non-hydrogen) atoms. The summed E-state index contributed by atoms with van der Waals surface area (Å²) >= 11 is 0. The lowest BCUT2D eigenvalue weighted by atomic mass is 10.1. The van der Waals surface area contributed by atoms with Gasteiger partial charge in [0.1, 0.15) is 5.82 Å². The summed E-state index contributed by atoms with van der Waals surface area (Å²) in [4.78, 5) is 4.05. The fourth-order valence-corrected chi connectivity index (χ4v) is 1.66. The topological polar surface area (TPSA) is 17.8 Å². The molecule has 0 saturated carbocycles. The highest BCUT2D eigenvalue weighted by Crippen LogP contribution is 2.24. The predicted molar refractivity (Wildman–Crippen MR) is 62.5 cm³/mol. The molecule has 4 heteroatoms. The minimum Gasteiger partial charge on any atom is -0.327 e. The SMILES string of the molecule is C=CCn1ccnc1-c1ccc(C)c(F)c1F. The Morgan fingerprint density at radius 2 is 2.12 bits per heavy atom. The van der Waals surface area contributed by atoms with Crippen molar-refractivity contribution in [3.05, 3.63) is 54.4 Å². The summed E-state index contributed by atoms with van der Waals surface area (Å²) in [7, 11) is 0. The fraction of sp³-hybridized carbons (Fsp3) is 0.154. The van der Waals surface area contributed by atoms with E-state index in [4.69, 9.17) is 0 Å². The number of imidazole rings is 1. The first kappa shape index (κ1) is 11.5. The Morgan fingerprint density at radius 1 is 1.35 bits per heavy atom. The maximum absolute atomic E-state index is 13.8. The molecule has 1 aromatic carbocycles. The average Bonchev–Trinajstić information content (AvgIpc) is 2.75. The summed E-state index contributed by atoms with van der Waals surface area (Å²) in [5, 5.41) is 0. The van der Waals surface area contributed by atoms with E-state index in [0.717, 1.165) is 0 Å². The third-order valence-corrected chi connectivity index (χ3v) is 2.56. The van der Waals surface area contributed by atoms with E-state index in [-0.39, 0.29) is 11.1 Å². The van der Waals surface area contributed by atoms with Crippen LogP contribution in [0.3, 0.4) is 0 Å². The number of hydrogen-bond acceptors (Lipinski definition) is 1. The van der Waals surface area contributed by atoms with Crippen LogP contribution < -0.4 is 0 Å². The van der Waals surface area contributed by atoms with Gasteiger partial charge in [-0.05, 0) is 18.6 Å². The minimum absolute atomic E-state index is 0.167. The summed E-state index contributed by atoms with van der Waals surface area (Å²) in [5.41, 5.74) is 0.452. The van der Waals surface area contributed by atoms with Crippen molar-refractivity contribution in [1.82, 2.24) is 9.55 Å². The number of aromatic nitrogens is 2. The van der Waals surface area contributed by atoms with Gasteiger partial charge in [-0.3, -0.25) is 0 Å². The molecule has 0 amide bonds. The zero-order valence-electron chi connectivity index (χ0n) is 9.45. The molecule has 0 atom stereocenters. The Labute approximate surface area is 98.2 Å². The maximum Gasteiger partial charge on any atom is 0.170 e. The van der Waals surface area contributed by atoms with E-state index in [1.165, 1.54) is 13.0 Å². The third kappa shape index (κ3) is 1.98. The summed E-state index contributed by atoms with van der Waals surface area (Å²) in [6.45, 7) is 5.64. The van der Waals surface area contributed by atoms with Gasteiger partial charge in [0, 0.05) is 18.9 Å². The molecule has 0 bridgehead atoms. The quantitative estimate of drug-likeness (QED) is 0.745. The van der Waals surface area contributed by atoms with E-state index in [0.29, 0.717) is 12.4 Å². The second-order valence-electron chi connectivity index (χ2n) is 3.75. The van der Waals surface area contributed by atoms with Crippen LogP contribution in [0.5, 0.6) is 0 Å². The van der Waals surface area contributed by atoms with Gasteiger partial charge in [-0.2, -0.15) is 0 Å². The highest BCUT2D eigenvalue weighted by molar-refractivity contribution is 5.57. The fourth-order valence-electron chi connectivity index (χ4n) is 1.66. The largest absolute Gasteiger partial charge is 0.327 e. The molecule has 0 fully saturated rings. The van der Waals surface area contributed by atoms with Gasteiger partial charge in [0.2, 0.25) is 0 Å². The summed E-state index contributed by atoms with van der Waals surface area (Å²) < 4.78 is 29.0. The molecular weight excluding hydrogens is 222 g/mol. The van der Waals surface area contributed by atoms with Crippen LogP contribution in [0.1, 0.15) is 5.56 Å². The molecule has 2 aromatic rings. The van der Waals surface area contributed by atoms with Crippen LogP contribution >= 0.6 is 0 Å². The van der Waals surface area contributed by atoms with Crippen molar-refractivity contribution >= 4 is 0 Å². The van der Waals surface area contributed by atoms with Crippen LogP contribution in [0, 0.1) is 18.6 Å². The average molecular weight is 234 g/mol. The van der Waals surface area contributed by atoms with Gasteiger partial charge in [0.05, 0.1) is 5.56 Å². The summed E-state index contributed by atoms with van der Waals surface area (Å²) in [5.74, 6) is -1.28. The van der Waals surface area contributed by atoms with Crippen LogP contribution in [-0.2, 0) is 6.54 Å². The zero-order chi connectivity index (χ0) is 12.4. The first-order valence-electron chi connectivity index (χ1n) is 5.22. The minimum atomic E-state index is -0.860. The van der Waals surface area contributed by atoms with Crippen molar-refractivity contribution in [1.29, 1.82) is 0 Å². The molecule has 2 rings (SSSR count). The highest BCUT2D eigenvalue weighted by Gasteiger charge is 2.15. The summed E-state index contributed by atoms with van der Waals surface area (Å²) in [6, 6.07) is 3.08. The van der Waals surface area contributed by atoms with Crippen molar-refractivity contribution in [3.8, 4) is 11.4 Å². The molecule has 0 saturated heterocycles. The number of rotatable bonds is 3. The molecule has 0 aliphatic heterocycles. The van der Waals surface area contributed by atoms with E-state index in [9.17, 15) is 8.78 Å². The molecular formula is C13H12F2N2. The van der Waals surface area contributed by atoms with Gasteiger partial charge in [0.15, 0.2) is 11.6 Å². The molecule has 2 nitrogen and oxygen atoms in total. The standard InChI is InChI=1S/C13H12F2N2/c1-3-7-17-8-6-16-13(17)10-5-4-9(2)11(14)12(10)15/h3-6,8H,1,7H2,2H3. The predicted octanol–water partition coefficient (Wildman–Crippen LogP) is 3.32. The summed E-state index contributed by atoms with van der Waals surface area (Å²) in [6.07, 6.45) is 4.93. The second-order valence-corrected chi connectivity index (χ2v) is 3.75. The Kier molecular flexibility index (Phi) is 3.04. The lowest BCUT2D eigenvalue weighted by molar-refractivity contribution is 0.504. The molecule has 88 valence electrons. The molecule has 0 aliphatic rings. The molecule has 0 spiro atoms.